The predicted molar refractivity (Wildman–Crippen MR) is 98.2 cm³/mol. The van der Waals surface area contributed by atoms with Gasteiger partial charge in [-0.2, -0.15) is 0 Å². The number of aromatic nitrogens is 1. The molecule has 1 amide bonds. The van der Waals surface area contributed by atoms with Crippen molar-refractivity contribution in [1.82, 2.24) is 10.3 Å². The largest absolute Gasteiger partial charge is 0.493 e. The van der Waals surface area contributed by atoms with Crippen LogP contribution in [-0.4, -0.2) is 17.5 Å². The van der Waals surface area contributed by atoms with E-state index in [1.165, 1.54) is 12.1 Å². The molecule has 1 aromatic heterocycles. The SMILES string of the molecule is Cc1cc(C(=O)NC2CCOc3ccc(Cl)cc32)c2cc(F)ccc2n1. The van der Waals surface area contributed by atoms with Crippen LogP contribution in [0, 0.1) is 12.7 Å². The Labute approximate surface area is 155 Å². The Balaban J connectivity index is 1.71. The molecule has 0 saturated heterocycles. The predicted octanol–water partition coefficient (Wildman–Crippen LogP) is 4.59. The summed E-state index contributed by atoms with van der Waals surface area (Å²) in [6.45, 7) is 2.31. The number of nitrogens with zero attached hydrogens (tertiary/aromatic N) is 1. The number of rotatable bonds is 2. The highest BCUT2D eigenvalue weighted by atomic mass is 35.5. The monoisotopic (exact) mass is 370 g/mol. The maximum Gasteiger partial charge on any atom is 0.252 e. The van der Waals surface area contributed by atoms with Crippen molar-refractivity contribution in [3.63, 3.8) is 0 Å². The molecule has 0 bridgehead atoms. The maximum absolute atomic E-state index is 13.7. The molecular formula is C20H16ClFN2O2. The summed E-state index contributed by atoms with van der Waals surface area (Å²) < 4.78 is 19.3. The molecule has 0 radical (unpaired) electrons. The number of nitrogens with one attached hydrogen (secondary N) is 1. The summed E-state index contributed by atoms with van der Waals surface area (Å²) in [5, 5.41) is 4.11. The highest BCUT2D eigenvalue weighted by Crippen LogP contribution is 2.34. The number of ether oxygens (including phenoxy) is 1. The number of amides is 1. The number of aryl methyl sites for hydroxylation is 1. The minimum Gasteiger partial charge on any atom is -0.493 e. The summed E-state index contributed by atoms with van der Waals surface area (Å²) in [5.41, 5.74) is 2.54. The van der Waals surface area contributed by atoms with Crippen LogP contribution >= 0.6 is 11.6 Å². The third-order valence-electron chi connectivity index (χ3n) is 4.46. The highest BCUT2D eigenvalue weighted by Gasteiger charge is 2.24. The number of fused-ring (bicyclic) bond motifs is 2. The summed E-state index contributed by atoms with van der Waals surface area (Å²) in [6.07, 6.45) is 0.634. The van der Waals surface area contributed by atoms with Crippen molar-refractivity contribution < 1.29 is 13.9 Å². The van der Waals surface area contributed by atoms with Crippen molar-refractivity contribution in [3.05, 3.63) is 70.1 Å². The minimum absolute atomic E-state index is 0.220. The lowest BCUT2D eigenvalue weighted by atomic mass is 9.99. The van der Waals surface area contributed by atoms with Gasteiger partial charge in [0.1, 0.15) is 11.6 Å². The molecule has 6 heteroatoms. The molecule has 1 N–H and O–H groups in total. The van der Waals surface area contributed by atoms with Crippen LogP contribution in [0.25, 0.3) is 10.9 Å². The van der Waals surface area contributed by atoms with Crippen molar-refractivity contribution in [1.29, 1.82) is 0 Å². The number of hydrogen-bond acceptors (Lipinski definition) is 3. The molecule has 1 unspecified atom stereocenters. The Bertz CT molecular complexity index is 1020. The van der Waals surface area contributed by atoms with Crippen LogP contribution in [-0.2, 0) is 0 Å². The van der Waals surface area contributed by atoms with E-state index in [0.717, 1.165) is 5.56 Å². The van der Waals surface area contributed by atoms with Crippen LogP contribution < -0.4 is 10.1 Å². The summed E-state index contributed by atoms with van der Waals surface area (Å²) in [6, 6.07) is 11.1. The molecule has 1 atom stereocenters. The van der Waals surface area contributed by atoms with Crippen molar-refractivity contribution >= 4 is 28.4 Å². The van der Waals surface area contributed by atoms with Gasteiger partial charge in [0.2, 0.25) is 0 Å². The zero-order valence-electron chi connectivity index (χ0n) is 14.1. The standard InChI is InChI=1S/C20H16ClFN2O2/c1-11-8-15(14-10-13(22)3-4-17(14)23-11)20(25)24-18-6-7-26-19-5-2-12(21)9-16(18)19/h2-5,8-10,18H,6-7H2,1H3,(H,24,25). The lowest BCUT2D eigenvalue weighted by Gasteiger charge is -2.27. The van der Waals surface area contributed by atoms with E-state index in [-0.39, 0.29) is 11.9 Å². The Morgan fingerprint density at radius 1 is 1.27 bits per heavy atom. The van der Waals surface area contributed by atoms with Gasteiger partial charge in [0.05, 0.1) is 23.7 Å². The van der Waals surface area contributed by atoms with Crippen molar-refractivity contribution in [2.24, 2.45) is 0 Å². The molecule has 0 spiro atoms. The molecule has 0 aliphatic carbocycles. The van der Waals surface area contributed by atoms with Gasteiger partial charge in [-0.3, -0.25) is 9.78 Å². The van der Waals surface area contributed by atoms with E-state index in [4.69, 9.17) is 16.3 Å². The smallest absolute Gasteiger partial charge is 0.252 e. The molecule has 1 aliphatic heterocycles. The number of pyridine rings is 1. The van der Waals surface area contributed by atoms with Crippen LogP contribution in [0.4, 0.5) is 4.39 Å². The third kappa shape index (κ3) is 3.10. The Morgan fingerprint density at radius 2 is 2.12 bits per heavy atom. The van der Waals surface area contributed by atoms with E-state index >= 15 is 0 Å². The van der Waals surface area contributed by atoms with Gasteiger partial charge >= 0.3 is 0 Å². The molecule has 2 aromatic carbocycles. The van der Waals surface area contributed by atoms with E-state index in [1.54, 1.807) is 30.3 Å². The second kappa shape index (κ2) is 6.57. The average Bonchev–Trinajstić information content (AvgIpc) is 2.62. The zero-order valence-corrected chi connectivity index (χ0v) is 14.8. The topological polar surface area (TPSA) is 51.2 Å². The van der Waals surface area contributed by atoms with Gasteiger partial charge in [0.15, 0.2) is 0 Å². The van der Waals surface area contributed by atoms with Crippen LogP contribution in [0.3, 0.4) is 0 Å². The normalized spacial score (nSPS) is 16.0. The Morgan fingerprint density at radius 3 is 2.96 bits per heavy atom. The van der Waals surface area contributed by atoms with E-state index < -0.39 is 5.82 Å². The maximum atomic E-state index is 13.7. The molecule has 4 rings (SSSR count). The number of hydrogen-bond donors (Lipinski definition) is 1. The average molecular weight is 371 g/mol. The lowest BCUT2D eigenvalue weighted by Crippen LogP contribution is -2.32. The first-order chi connectivity index (χ1) is 12.5. The third-order valence-corrected chi connectivity index (χ3v) is 4.70. The molecule has 0 fully saturated rings. The minimum atomic E-state index is -0.402. The first-order valence-electron chi connectivity index (χ1n) is 8.31. The van der Waals surface area contributed by atoms with Gasteiger partial charge in [-0.25, -0.2) is 4.39 Å². The number of halogens is 2. The Hall–Kier alpha value is -2.66. The molecule has 3 aromatic rings. The van der Waals surface area contributed by atoms with Gasteiger partial charge in [0, 0.05) is 28.1 Å². The number of benzene rings is 2. The van der Waals surface area contributed by atoms with E-state index in [1.807, 2.05) is 6.92 Å². The fraction of sp³-hybridized carbons (Fsp3) is 0.200. The quantitative estimate of drug-likeness (QED) is 0.717. The van der Waals surface area contributed by atoms with Crippen molar-refractivity contribution in [2.75, 3.05) is 6.61 Å². The summed E-state index contributed by atoms with van der Waals surface area (Å²) in [5.74, 6) is 0.0390. The van der Waals surface area contributed by atoms with Gasteiger partial charge in [-0.1, -0.05) is 11.6 Å². The second-order valence-electron chi connectivity index (χ2n) is 6.32. The lowest BCUT2D eigenvalue weighted by molar-refractivity contribution is 0.0926. The fourth-order valence-corrected chi connectivity index (χ4v) is 3.45. The van der Waals surface area contributed by atoms with Gasteiger partial charge < -0.3 is 10.1 Å². The van der Waals surface area contributed by atoms with Crippen LogP contribution in [0.15, 0.2) is 42.5 Å². The van der Waals surface area contributed by atoms with E-state index in [9.17, 15) is 9.18 Å². The van der Waals surface area contributed by atoms with Gasteiger partial charge in [0.25, 0.3) is 5.91 Å². The molecule has 132 valence electrons. The van der Waals surface area contributed by atoms with E-state index in [2.05, 4.69) is 10.3 Å². The molecule has 4 nitrogen and oxygen atoms in total. The first-order valence-corrected chi connectivity index (χ1v) is 8.69. The van der Waals surface area contributed by atoms with Crippen LogP contribution in [0.2, 0.25) is 5.02 Å². The molecule has 26 heavy (non-hydrogen) atoms. The van der Waals surface area contributed by atoms with Crippen LogP contribution in [0.5, 0.6) is 5.75 Å². The Kier molecular flexibility index (Phi) is 4.24. The molecule has 1 aliphatic rings. The second-order valence-corrected chi connectivity index (χ2v) is 6.75. The summed E-state index contributed by atoms with van der Waals surface area (Å²) in [7, 11) is 0. The molecular weight excluding hydrogens is 355 g/mol. The molecule has 2 heterocycles. The fourth-order valence-electron chi connectivity index (χ4n) is 3.27. The van der Waals surface area contributed by atoms with Gasteiger partial charge in [-0.15, -0.1) is 0 Å². The number of carbonyl (C=O) groups excluding carboxylic acids is 1. The number of carbonyl (C=O) groups is 1. The van der Waals surface area contributed by atoms with Gasteiger partial charge in [-0.05, 0) is 49.4 Å². The van der Waals surface area contributed by atoms with Crippen LogP contribution in [0.1, 0.15) is 34.1 Å². The van der Waals surface area contributed by atoms with Crippen molar-refractivity contribution in [3.8, 4) is 5.75 Å². The van der Waals surface area contributed by atoms with Crippen molar-refractivity contribution in [2.45, 2.75) is 19.4 Å². The summed E-state index contributed by atoms with van der Waals surface area (Å²) in [4.78, 5) is 17.3. The first kappa shape index (κ1) is 16.8. The zero-order chi connectivity index (χ0) is 18.3. The summed E-state index contributed by atoms with van der Waals surface area (Å²) >= 11 is 6.09. The molecule has 0 saturated carbocycles. The highest BCUT2D eigenvalue weighted by molar-refractivity contribution is 6.30. The van der Waals surface area contributed by atoms with E-state index in [0.29, 0.717) is 46.0 Å².